The molecule has 0 saturated heterocycles. The second-order valence-electron chi connectivity index (χ2n) is 14.2. The van der Waals surface area contributed by atoms with Crippen LogP contribution in [0.5, 0.6) is 11.5 Å². The zero-order chi connectivity index (χ0) is 42.1. The summed E-state index contributed by atoms with van der Waals surface area (Å²) < 4.78 is 37.3. The van der Waals surface area contributed by atoms with Gasteiger partial charge in [-0.1, -0.05) is 42.5 Å². The van der Waals surface area contributed by atoms with Gasteiger partial charge in [0.05, 0.1) is 46.1 Å². The molecule has 2 amide bonds. The molecule has 0 aliphatic rings. The van der Waals surface area contributed by atoms with Crippen molar-refractivity contribution < 1.29 is 62.2 Å². The molecular weight excluding hydrogens is 740 g/mol. The summed E-state index contributed by atoms with van der Waals surface area (Å²) in [6.07, 6.45) is 0.190. The minimum atomic E-state index is -0.611. The Bertz CT molecular complexity index is 1680. The number of phenols is 1. The monoisotopic (exact) mass is 796 g/mol. The van der Waals surface area contributed by atoms with Gasteiger partial charge in [-0.3, -0.25) is 24.0 Å². The van der Waals surface area contributed by atoms with E-state index in [2.05, 4.69) is 10.6 Å². The number of hydrogen-bond donors (Lipinski definition) is 3. The molecular formula is C42H56N2O13. The van der Waals surface area contributed by atoms with Crippen LogP contribution in [-0.4, -0.2) is 105 Å². The van der Waals surface area contributed by atoms with Gasteiger partial charge in [0.1, 0.15) is 49.0 Å². The Balaban J connectivity index is 0.000000519. The van der Waals surface area contributed by atoms with Gasteiger partial charge in [0.15, 0.2) is 0 Å². The fourth-order valence-corrected chi connectivity index (χ4v) is 4.36. The fraction of sp³-hybridized carbons (Fsp3) is 0.452. The number of nitrogens with one attached hydrogen (secondary N) is 2. The molecule has 312 valence electrons. The number of ether oxygens (including phenoxy) is 7. The Kier molecular flexibility index (Phi) is 21.4. The van der Waals surface area contributed by atoms with Gasteiger partial charge in [-0.2, -0.15) is 0 Å². The highest BCUT2D eigenvalue weighted by atomic mass is 16.6. The Hall–Kier alpha value is -5.51. The maximum Gasteiger partial charge on any atom is 0.325 e. The van der Waals surface area contributed by atoms with Crippen molar-refractivity contribution in [2.75, 3.05) is 59.3 Å². The predicted octanol–water partition coefficient (Wildman–Crippen LogP) is 4.78. The summed E-state index contributed by atoms with van der Waals surface area (Å²) in [5.74, 6) is -1.63. The van der Waals surface area contributed by atoms with Crippen molar-refractivity contribution in [3.05, 3.63) is 95.6 Å². The Morgan fingerprint density at radius 1 is 0.561 bits per heavy atom. The van der Waals surface area contributed by atoms with Crippen LogP contribution in [-0.2, 0) is 49.4 Å². The number of hydrogen-bond acceptors (Lipinski definition) is 13. The zero-order valence-electron chi connectivity index (χ0n) is 33.6. The van der Waals surface area contributed by atoms with E-state index < -0.39 is 35.0 Å². The van der Waals surface area contributed by atoms with Crippen molar-refractivity contribution in [2.24, 2.45) is 0 Å². The highest BCUT2D eigenvalue weighted by molar-refractivity contribution is 5.96. The lowest BCUT2D eigenvalue weighted by Crippen LogP contribution is -2.34. The van der Waals surface area contributed by atoms with Crippen LogP contribution in [0.2, 0.25) is 0 Å². The van der Waals surface area contributed by atoms with Crippen molar-refractivity contribution >= 4 is 29.7 Å². The van der Waals surface area contributed by atoms with E-state index >= 15 is 0 Å². The molecule has 0 heterocycles. The van der Waals surface area contributed by atoms with Gasteiger partial charge < -0.3 is 48.9 Å². The molecule has 0 unspecified atom stereocenters. The third-order valence-corrected chi connectivity index (χ3v) is 6.76. The molecule has 0 aliphatic heterocycles. The van der Waals surface area contributed by atoms with Gasteiger partial charge in [-0.05, 0) is 83.5 Å². The number of carbonyl (C=O) groups excluding carboxylic acids is 5. The smallest absolute Gasteiger partial charge is 0.325 e. The molecule has 15 nitrogen and oxygen atoms in total. The van der Waals surface area contributed by atoms with E-state index in [9.17, 15) is 29.1 Å². The fourth-order valence-electron chi connectivity index (χ4n) is 4.36. The number of phenolic OH excluding ortho intramolecular Hbond substituents is 1. The number of aromatic hydroxyl groups is 1. The Morgan fingerprint density at radius 2 is 1.05 bits per heavy atom. The second kappa shape index (κ2) is 25.6. The van der Waals surface area contributed by atoms with Crippen molar-refractivity contribution in [3.63, 3.8) is 0 Å². The molecule has 57 heavy (non-hydrogen) atoms. The summed E-state index contributed by atoms with van der Waals surface area (Å²) >= 11 is 0. The summed E-state index contributed by atoms with van der Waals surface area (Å²) in [4.78, 5) is 58.8. The summed E-state index contributed by atoms with van der Waals surface area (Å²) in [5, 5.41) is 14.2. The molecule has 0 saturated carbocycles. The van der Waals surface area contributed by atoms with Gasteiger partial charge in [0.25, 0.3) is 11.8 Å². The largest absolute Gasteiger partial charge is 0.508 e. The van der Waals surface area contributed by atoms with Crippen molar-refractivity contribution in [1.82, 2.24) is 10.6 Å². The lowest BCUT2D eigenvalue weighted by atomic mass is 10.2. The van der Waals surface area contributed by atoms with Crippen LogP contribution >= 0.6 is 0 Å². The van der Waals surface area contributed by atoms with E-state index in [0.29, 0.717) is 56.5 Å². The molecule has 0 fully saturated rings. The molecule has 0 aromatic heterocycles. The minimum absolute atomic E-state index is 0.0000759. The molecule has 0 atom stereocenters. The molecule has 3 aromatic carbocycles. The Morgan fingerprint density at radius 3 is 1.58 bits per heavy atom. The van der Waals surface area contributed by atoms with Gasteiger partial charge in [-0.15, -0.1) is 0 Å². The molecule has 15 heteroatoms. The first-order chi connectivity index (χ1) is 27.0. The van der Waals surface area contributed by atoms with Crippen LogP contribution in [0.25, 0.3) is 0 Å². The minimum Gasteiger partial charge on any atom is -0.508 e. The SMILES string of the molecule is CC(C)(C)OC(=O)CNC(=O)c1cccc(O)c1.CC(C)(C)OC(=O)CNC(=O)c1cccc(OCCOCCOCCOCCC(=O)OCc2ccccc2)c1. The third-order valence-electron chi connectivity index (χ3n) is 6.76. The summed E-state index contributed by atoms with van der Waals surface area (Å²) in [5.41, 5.74) is 0.420. The molecule has 0 aliphatic carbocycles. The maximum absolute atomic E-state index is 12.3. The lowest BCUT2D eigenvalue weighted by molar-refractivity contribution is -0.154. The van der Waals surface area contributed by atoms with E-state index in [0.717, 1.165) is 5.56 Å². The van der Waals surface area contributed by atoms with E-state index in [-0.39, 0.29) is 44.4 Å². The lowest BCUT2D eigenvalue weighted by Gasteiger charge is -2.19. The van der Waals surface area contributed by atoms with Crippen LogP contribution in [0, 0.1) is 0 Å². The molecule has 0 radical (unpaired) electrons. The van der Waals surface area contributed by atoms with Gasteiger partial charge in [-0.25, -0.2) is 0 Å². The first kappa shape index (κ1) is 47.6. The average Bonchev–Trinajstić information content (AvgIpc) is 3.15. The molecule has 3 N–H and O–H groups in total. The molecule has 3 aromatic rings. The van der Waals surface area contributed by atoms with E-state index in [1.807, 2.05) is 30.3 Å². The highest BCUT2D eigenvalue weighted by Gasteiger charge is 2.18. The van der Waals surface area contributed by atoms with E-state index in [1.165, 1.54) is 12.1 Å². The number of rotatable bonds is 21. The highest BCUT2D eigenvalue weighted by Crippen LogP contribution is 2.14. The van der Waals surface area contributed by atoms with E-state index in [1.54, 1.807) is 77.9 Å². The van der Waals surface area contributed by atoms with Gasteiger partial charge >= 0.3 is 17.9 Å². The summed E-state index contributed by atoms with van der Waals surface area (Å²) in [6, 6.07) is 22.0. The standard InChI is InChI=1S/C29H39NO9.C13H17NO4/c1-29(2,3)39-27(32)21-30-28(33)24-10-7-11-25(20-24)37-19-18-36-17-16-35-15-14-34-13-12-26(31)38-22-23-8-5-4-6-9-23;1-13(2,3)18-11(16)8-14-12(17)9-5-4-6-10(15)7-9/h4-11,20H,12-19,21-22H2,1-3H3,(H,30,33);4-7,15H,8H2,1-3H3,(H,14,17). The zero-order valence-corrected chi connectivity index (χ0v) is 33.6. The molecule has 0 spiro atoms. The van der Waals surface area contributed by atoms with Gasteiger partial charge in [0.2, 0.25) is 0 Å². The normalized spacial score (nSPS) is 11.0. The van der Waals surface area contributed by atoms with Crippen molar-refractivity contribution in [1.29, 1.82) is 0 Å². The summed E-state index contributed by atoms with van der Waals surface area (Å²) in [6.45, 7) is 12.9. The van der Waals surface area contributed by atoms with Crippen molar-refractivity contribution in [3.8, 4) is 11.5 Å². The average molecular weight is 797 g/mol. The number of amides is 2. The van der Waals surface area contributed by atoms with Crippen LogP contribution < -0.4 is 15.4 Å². The molecule has 3 rings (SSSR count). The first-order valence-electron chi connectivity index (χ1n) is 18.5. The van der Waals surface area contributed by atoms with Crippen molar-refractivity contribution in [2.45, 2.75) is 65.8 Å². The van der Waals surface area contributed by atoms with Crippen LogP contribution in [0.3, 0.4) is 0 Å². The number of benzene rings is 3. The maximum atomic E-state index is 12.3. The van der Waals surface area contributed by atoms with Crippen LogP contribution in [0.4, 0.5) is 0 Å². The van der Waals surface area contributed by atoms with Crippen LogP contribution in [0.15, 0.2) is 78.9 Å². The van der Waals surface area contributed by atoms with E-state index in [4.69, 9.17) is 33.2 Å². The first-order valence-corrected chi connectivity index (χ1v) is 18.5. The Labute approximate surface area is 334 Å². The molecule has 0 bridgehead atoms. The summed E-state index contributed by atoms with van der Waals surface area (Å²) in [7, 11) is 0. The second-order valence-corrected chi connectivity index (χ2v) is 14.2. The number of carbonyl (C=O) groups is 5. The third kappa shape index (κ3) is 23.9. The topological polar surface area (TPSA) is 194 Å². The quantitative estimate of drug-likeness (QED) is 0.0758. The predicted molar refractivity (Wildman–Crippen MR) is 210 cm³/mol. The van der Waals surface area contributed by atoms with Gasteiger partial charge in [0, 0.05) is 11.1 Å². The van der Waals surface area contributed by atoms with Crippen LogP contribution in [0.1, 0.15) is 74.2 Å². The number of esters is 3.